The Morgan fingerprint density at radius 3 is 2.81 bits per heavy atom. The van der Waals surface area contributed by atoms with Crippen LogP contribution in [0.15, 0.2) is 22.7 Å². The fourth-order valence-electron chi connectivity index (χ4n) is 1.32. The maximum atomic E-state index is 10.7. The lowest BCUT2D eigenvalue weighted by atomic mass is 10.2. The molecular weight excluding hydrogens is 274 g/mol. The van der Waals surface area contributed by atoms with E-state index < -0.39 is 5.97 Å². The van der Waals surface area contributed by atoms with Crippen LogP contribution in [0, 0.1) is 0 Å². The Morgan fingerprint density at radius 2 is 2.31 bits per heavy atom. The van der Waals surface area contributed by atoms with Crippen LogP contribution in [0.4, 0.5) is 5.69 Å². The zero-order valence-corrected chi connectivity index (χ0v) is 10.7. The molecule has 0 bridgehead atoms. The van der Waals surface area contributed by atoms with E-state index in [0.717, 1.165) is 10.2 Å². The first-order valence-corrected chi connectivity index (χ1v) is 5.62. The number of benzene rings is 1. The summed E-state index contributed by atoms with van der Waals surface area (Å²) in [6.07, 6.45) is 0. The molecule has 5 heteroatoms. The minimum atomic E-state index is -0.933. The van der Waals surface area contributed by atoms with Crippen LogP contribution in [0.5, 0.6) is 0 Å². The van der Waals surface area contributed by atoms with Crippen molar-refractivity contribution in [3.63, 3.8) is 0 Å². The Balaban J connectivity index is 2.79. The number of aromatic carboxylic acids is 1. The smallest absolute Gasteiger partial charge is 0.335 e. The molecule has 1 rings (SSSR count). The van der Waals surface area contributed by atoms with Crippen LogP contribution in [0.1, 0.15) is 17.3 Å². The number of carbonyl (C=O) groups is 1. The van der Waals surface area contributed by atoms with Gasteiger partial charge < -0.3 is 15.2 Å². The molecule has 2 N–H and O–H groups in total. The first-order chi connectivity index (χ1) is 7.54. The van der Waals surface area contributed by atoms with E-state index in [1.807, 2.05) is 6.92 Å². The van der Waals surface area contributed by atoms with Gasteiger partial charge in [-0.25, -0.2) is 4.79 Å². The van der Waals surface area contributed by atoms with Gasteiger partial charge in [0.05, 0.1) is 12.2 Å². The second kappa shape index (κ2) is 5.86. The summed E-state index contributed by atoms with van der Waals surface area (Å²) in [6, 6.07) is 5.04. The van der Waals surface area contributed by atoms with Crippen LogP contribution >= 0.6 is 15.9 Å². The number of nitrogens with one attached hydrogen (secondary N) is 1. The van der Waals surface area contributed by atoms with Crippen LogP contribution < -0.4 is 5.32 Å². The largest absolute Gasteiger partial charge is 0.478 e. The van der Waals surface area contributed by atoms with Gasteiger partial charge in [0.2, 0.25) is 0 Å². The number of methoxy groups -OCH3 is 1. The average Bonchev–Trinajstić information content (AvgIpc) is 2.21. The fourth-order valence-corrected chi connectivity index (χ4v) is 1.82. The van der Waals surface area contributed by atoms with E-state index in [1.54, 1.807) is 25.3 Å². The lowest BCUT2D eigenvalue weighted by molar-refractivity contribution is 0.0697. The number of ether oxygens (including phenoxy) is 1. The van der Waals surface area contributed by atoms with Crippen LogP contribution in [-0.2, 0) is 4.74 Å². The third kappa shape index (κ3) is 3.50. The highest BCUT2D eigenvalue weighted by Crippen LogP contribution is 2.24. The lowest BCUT2D eigenvalue weighted by Gasteiger charge is -2.15. The van der Waals surface area contributed by atoms with E-state index >= 15 is 0 Å². The van der Waals surface area contributed by atoms with Gasteiger partial charge in [0.1, 0.15) is 0 Å². The summed E-state index contributed by atoms with van der Waals surface area (Å²) in [5.41, 5.74) is 1.12. The van der Waals surface area contributed by atoms with Crippen molar-refractivity contribution >= 4 is 27.6 Å². The SMILES string of the molecule is COCC(C)Nc1ccc(C(=O)O)cc1Br. The van der Waals surface area contributed by atoms with Gasteiger partial charge in [0, 0.05) is 23.3 Å². The Hall–Kier alpha value is -1.07. The monoisotopic (exact) mass is 287 g/mol. The molecular formula is C11H14BrNO3. The number of rotatable bonds is 5. The standard InChI is InChI=1S/C11H14BrNO3/c1-7(6-16-2)13-10-4-3-8(11(14)15)5-9(10)12/h3-5,7,13H,6H2,1-2H3,(H,14,15). The molecule has 0 saturated carbocycles. The zero-order valence-electron chi connectivity index (χ0n) is 9.16. The summed E-state index contributed by atoms with van der Waals surface area (Å²) in [7, 11) is 1.64. The number of anilines is 1. The number of carboxylic acid groups (broad SMARTS) is 1. The van der Waals surface area contributed by atoms with Crippen molar-refractivity contribution in [3.05, 3.63) is 28.2 Å². The first kappa shape index (κ1) is 13.0. The Bertz CT molecular complexity index is 381. The highest BCUT2D eigenvalue weighted by molar-refractivity contribution is 9.10. The summed E-state index contributed by atoms with van der Waals surface area (Å²) < 4.78 is 5.74. The Kier molecular flexibility index (Phi) is 4.76. The molecule has 0 spiro atoms. The van der Waals surface area contributed by atoms with Crippen molar-refractivity contribution in [1.29, 1.82) is 0 Å². The van der Waals surface area contributed by atoms with Crippen LogP contribution in [0.25, 0.3) is 0 Å². The third-order valence-electron chi connectivity index (χ3n) is 2.03. The predicted molar refractivity (Wildman–Crippen MR) is 66.1 cm³/mol. The summed E-state index contributed by atoms with van der Waals surface area (Å²) in [6.45, 7) is 2.58. The molecule has 1 unspecified atom stereocenters. The number of carboxylic acids is 1. The molecule has 0 amide bonds. The average molecular weight is 288 g/mol. The number of hydrogen-bond acceptors (Lipinski definition) is 3. The van der Waals surface area contributed by atoms with E-state index in [4.69, 9.17) is 9.84 Å². The molecule has 0 aliphatic carbocycles. The third-order valence-corrected chi connectivity index (χ3v) is 2.69. The van der Waals surface area contributed by atoms with E-state index in [0.29, 0.717) is 6.61 Å². The van der Waals surface area contributed by atoms with Crippen molar-refractivity contribution in [2.24, 2.45) is 0 Å². The van der Waals surface area contributed by atoms with Crippen LogP contribution in [0.2, 0.25) is 0 Å². The van der Waals surface area contributed by atoms with Gasteiger partial charge in [-0.3, -0.25) is 0 Å². The number of hydrogen-bond donors (Lipinski definition) is 2. The molecule has 0 aliphatic heterocycles. The molecule has 0 heterocycles. The van der Waals surface area contributed by atoms with E-state index in [-0.39, 0.29) is 11.6 Å². The number of halogens is 1. The molecule has 1 atom stereocenters. The normalized spacial score (nSPS) is 12.2. The summed E-state index contributed by atoms with van der Waals surface area (Å²) in [5.74, 6) is -0.933. The Morgan fingerprint density at radius 1 is 1.62 bits per heavy atom. The van der Waals surface area contributed by atoms with Gasteiger partial charge in [0.15, 0.2) is 0 Å². The molecule has 0 aliphatic rings. The molecule has 0 saturated heterocycles. The zero-order chi connectivity index (χ0) is 12.1. The highest BCUT2D eigenvalue weighted by Gasteiger charge is 2.08. The maximum Gasteiger partial charge on any atom is 0.335 e. The molecule has 88 valence electrons. The van der Waals surface area contributed by atoms with Gasteiger partial charge in [-0.05, 0) is 41.1 Å². The van der Waals surface area contributed by atoms with Gasteiger partial charge in [0.25, 0.3) is 0 Å². The van der Waals surface area contributed by atoms with Gasteiger partial charge in [-0.1, -0.05) is 0 Å². The summed E-state index contributed by atoms with van der Waals surface area (Å²) >= 11 is 3.33. The fraction of sp³-hybridized carbons (Fsp3) is 0.364. The molecule has 0 fully saturated rings. The van der Waals surface area contributed by atoms with E-state index in [9.17, 15) is 4.79 Å². The summed E-state index contributed by atoms with van der Waals surface area (Å²) in [5, 5.41) is 12.0. The molecule has 16 heavy (non-hydrogen) atoms. The van der Waals surface area contributed by atoms with Crippen molar-refractivity contribution in [2.45, 2.75) is 13.0 Å². The predicted octanol–water partition coefficient (Wildman–Crippen LogP) is 2.59. The van der Waals surface area contributed by atoms with Gasteiger partial charge >= 0.3 is 5.97 Å². The van der Waals surface area contributed by atoms with Crippen molar-refractivity contribution in [1.82, 2.24) is 0 Å². The minimum Gasteiger partial charge on any atom is -0.478 e. The molecule has 1 aromatic rings. The quantitative estimate of drug-likeness (QED) is 0.874. The van der Waals surface area contributed by atoms with E-state index in [1.165, 1.54) is 0 Å². The minimum absolute atomic E-state index is 0.164. The molecule has 0 aromatic heterocycles. The van der Waals surface area contributed by atoms with Gasteiger partial charge in [-0.2, -0.15) is 0 Å². The molecule has 4 nitrogen and oxygen atoms in total. The summed E-state index contributed by atoms with van der Waals surface area (Å²) in [4.78, 5) is 10.7. The van der Waals surface area contributed by atoms with E-state index in [2.05, 4.69) is 21.2 Å². The molecule has 1 aromatic carbocycles. The van der Waals surface area contributed by atoms with Gasteiger partial charge in [-0.15, -0.1) is 0 Å². The van der Waals surface area contributed by atoms with Crippen molar-refractivity contribution in [2.75, 3.05) is 19.0 Å². The Labute approximate surface area is 103 Å². The maximum absolute atomic E-state index is 10.7. The molecule has 0 radical (unpaired) electrons. The van der Waals surface area contributed by atoms with Crippen molar-refractivity contribution in [3.8, 4) is 0 Å². The lowest BCUT2D eigenvalue weighted by Crippen LogP contribution is -2.21. The second-order valence-corrected chi connectivity index (χ2v) is 4.35. The first-order valence-electron chi connectivity index (χ1n) is 4.83. The highest BCUT2D eigenvalue weighted by atomic mass is 79.9. The van der Waals surface area contributed by atoms with Crippen LogP contribution in [0.3, 0.4) is 0 Å². The topological polar surface area (TPSA) is 58.6 Å². The van der Waals surface area contributed by atoms with Crippen molar-refractivity contribution < 1.29 is 14.6 Å². The van der Waals surface area contributed by atoms with Crippen LogP contribution in [-0.4, -0.2) is 30.8 Å². The second-order valence-electron chi connectivity index (χ2n) is 3.50.